The highest BCUT2D eigenvalue weighted by Gasteiger charge is 2.34. The molecule has 0 unspecified atom stereocenters. The minimum absolute atomic E-state index is 0.151. The molecule has 2 rings (SSSR count). The molecule has 0 spiro atoms. The van der Waals surface area contributed by atoms with Gasteiger partial charge in [-0.1, -0.05) is 12.1 Å². The number of halogens is 3. The molecule has 1 aliphatic rings. The molecule has 1 aromatic carbocycles. The first-order valence-corrected chi connectivity index (χ1v) is 6.23. The quantitative estimate of drug-likeness (QED) is 0.855. The van der Waals surface area contributed by atoms with Crippen molar-refractivity contribution >= 4 is 5.91 Å². The second-order valence-electron chi connectivity index (χ2n) is 4.84. The molecular formula is C14H13F3N2O. The zero-order valence-corrected chi connectivity index (χ0v) is 10.7. The van der Waals surface area contributed by atoms with Gasteiger partial charge in [0, 0.05) is 25.4 Å². The summed E-state index contributed by atoms with van der Waals surface area (Å²) < 4.78 is 36.1. The van der Waals surface area contributed by atoms with E-state index in [0.29, 0.717) is 18.7 Å². The van der Waals surface area contributed by atoms with Crippen molar-refractivity contribution in [2.75, 3.05) is 13.1 Å². The largest absolute Gasteiger partial charge is 0.389 e. The third-order valence-electron chi connectivity index (χ3n) is 3.37. The smallest absolute Gasteiger partial charge is 0.341 e. The minimum Gasteiger partial charge on any atom is -0.341 e. The van der Waals surface area contributed by atoms with Gasteiger partial charge in [0.25, 0.3) is 0 Å². The summed E-state index contributed by atoms with van der Waals surface area (Å²) in [4.78, 5) is 13.0. The summed E-state index contributed by atoms with van der Waals surface area (Å²) in [6.45, 7) is 0.894. The van der Waals surface area contributed by atoms with Crippen LogP contribution in [0, 0.1) is 11.3 Å². The zero-order chi connectivity index (χ0) is 14.8. The molecule has 1 saturated heterocycles. The number of carbonyl (C=O) groups excluding carboxylic acids is 1. The Hall–Kier alpha value is -2.03. The van der Waals surface area contributed by atoms with Gasteiger partial charge in [-0.15, -0.1) is 0 Å². The molecule has 0 aromatic heterocycles. The van der Waals surface area contributed by atoms with Gasteiger partial charge in [-0.3, -0.25) is 4.79 Å². The normalized spacial score (nSPS) is 15.6. The van der Waals surface area contributed by atoms with Gasteiger partial charge in [-0.05, 0) is 17.7 Å². The van der Waals surface area contributed by atoms with Crippen LogP contribution in [0.1, 0.15) is 29.9 Å². The SMILES string of the molecule is N#Cc1ccc(C2CN(C(=O)CCC(F)(F)F)C2)cc1. The number of nitriles is 1. The highest BCUT2D eigenvalue weighted by atomic mass is 19.4. The summed E-state index contributed by atoms with van der Waals surface area (Å²) in [5.74, 6) is -0.301. The Balaban J connectivity index is 1.82. The van der Waals surface area contributed by atoms with E-state index in [1.807, 2.05) is 18.2 Å². The molecule has 1 fully saturated rings. The summed E-state index contributed by atoms with van der Waals surface area (Å²) >= 11 is 0. The molecule has 0 radical (unpaired) electrons. The van der Waals surface area contributed by atoms with Gasteiger partial charge >= 0.3 is 6.18 Å². The number of rotatable bonds is 3. The Morgan fingerprint density at radius 3 is 2.40 bits per heavy atom. The van der Waals surface area contributed by atoms with E-state index in [1.165, 1.54) is 4.90 Å². The van der Waals surface area contributed by atoms with Crippen molar-refractivity contribution in [3.8, 4) is 6.07 Å². The lowest BCUT2D eigenvalue weighted by molar-refractivity contribution is -0.151. The van der Waals surface area contributed by atoms with Gasteiger partial charge < -0.3 is 4.90 Å². The molecule has 1 heterocycles. The number of hydrogen-bond acceptors (Lipinski definition) is 2. The Morgan fingerprint density at radius 1 is 1.30 bits per heavy atom. The van der Waals surface area contributed by atoms with Crippen LogP contribution in [-0.4, -0.2) is 30.1 Å². The van der Waals surface area contributed by atoms with E-state index in [0.717, 1.165) is 5.56 Å². The van der Waals surface area contributed by atoms with E-state index in [9.17, 15) is 18.0 Å². The van der Waals surface area contributed by atoms with Crippen LogP contribution in [-0.2, 0) is 4.79 Å². The van der Waals surface area contributed by atoms with Crippen LogP contribution in [0.3, 0.4) is 0 Å². The molecule has 6 heteroatoms. The first-order chi connectivity index (χ1) is 9.39. The van der Waals surface area contributed by atoms with Crippen LogP contribution < -0.4 is 0 Å². The first kappa shape index (κ1) is 14.4. The second kappa shape index (κ2) is 5.53. The monoisotopic (exact) mass is 282 g/mol. The molecule has 1 amide bonds. The molecule has 0 saturated carbocycles. The lowest BCUT2D eigenvalue weighted by Crippen LogP contribution is -2.48. The fourth-order valence-electron chi connectivity index (χ4n) is 2.13. The van der Waals surface area contributed by atoms with Crippen molar-refractivity contribution in [1.82, 2.24) is 4.90 Å². The van der Waals surface area contributed by atoms with E-state index in [1.54, 1.807) is 12.1 Å². The Labute approximate surface area is 114 Å². The number of nitrogens with zero attached hydrogens (tertiary/aromatic N) is 2. The highest BCUT2D eigenvalue weighted by molar-refractivity contribution is 5.77. The lowest BCUT2D eigenvalue weighted by Gasteiger charge is -2.39. The molecule has 106 valence electrons. The van der Waals surface area contributed by atoms with Gasteiger partial charge in [-0.2, -0.15) is 18.4 Å². The van der Waals surface area contributed by atoms with Gasteiger partial charge in [0.15, 0.2) is 0 Å². The van der Waals surface area contributed by atoms with Crippen molar-refractivity contribution in [3.63, 3.8) is 0 Å². The third kappa shape index (κ3) is 3.50. The average Bonchev–Trinajstić information content (AvgIpc) is 2.34. The van der Waals surface area contributed by atoms with Crippen molar-refractivity contribution < 1.29 is 18.0 Å². The predicted octanol–water partition coefficient (Wildman–Crippen LogP) is 2.83. The van der Waals surface area contributed by atoms with Gasteiger partial charge in [0.05, 0.1) is 18.1 Å². The van der Waals surface area contributed by atoms with E-state index in [4.69, 9.17) is 5.26 Å². The average molecular weight is 282 g/mol. The second-order valence-corrected chi connectivity index (χ2v) is 4.84. The minimum atomic E-state index is -4.28. The number of carbonyl (C=O) groups is 1. The summed E-state index contributed by atoms with van der Waals surface area (Å²) in [5.41, 5.74) is 1.56. The van der Waals surface area contributed by atoms with Crippen LogP contribution in [0.4, 0.5) is 13.2 Å². The molecule has 1 aromatic rings. The first-order valence-electron chi connectivity index (χ1n) is 6.23. The summed E-state index contributed by atoms with van der Waals surface area (Å²) in [7, 11) is 0. The molecular weight excluding hydrogens is 269 g/mol. The highest BCUT2D eigenvalue weighted by Crippen LogP contribution is 2.29. The third-order valence-corrected chi connectivity index (χ3v) is 3.37. The van der Waals surface area contributed by atoms with Crippen LogP contribution in [0.5, 0.6) is 0 Å². The maximum absolute atomic E-state index is 12.0. The number of likely N-dealkylation sites (tertiary alicyclic amines) is 1. The van der Waals surface area contributed by atoms with E-state index >= 15 is 0 Å². The fourth-order valence-corrected chi connectivity index (χ4v) is 2.13. The van der Waals surface area contributed by atoms with Gasteiger partial charge in [0.2, 0.25) is 5.91 Å². The standard InChI is InChI=1S/C14H13F3N2O/c15-14(16,17)6-5-13(20)19-8-12(9-19)11-3-1-10(7-18)2-4-11/h1-4,12H,5-6,8-9H2. The Morgan fingerprint density at radius 2 is 1.90 bits per heavy atom. The van der Waals surface area contributed by atoms with Crippen LogP contribution in [0.2, 0.25) is 0 Å². The number of alkyl halides is 3. The van der Waals surface area contributed by atoms with Gasteiger partial charge in [-0.25, -0.2) is 0 Å². The number of hydrogen-bond donors (Lipinski definition) is 0. The lowest BCUT2D eigenvalue weighted by atomic mass is 9.90. The van der Waals surface area contributed by atoms with Gasteiger partial charge in [0.1, 0.15) is 0 Å². The molecule has 20 heavy (non-hydrogen) atoms. The predicted molar refractivity (Wildman–Crippen MR) is 65.8 cm³/mol. The molecule has 0 atom stereocenters. The van der Waals surface area contributed by atoms with Crippen molar-refractivity contribution in [2.24, 2.45) is 0 Å². The summed E-state index contributed by atoms with van der Waals surface area (Å²) in [5, 5.41) is 8.68. The van der Waals surface area contributed by atoms with E-state index < -0.39 is 24.9 Å². The topological polar surface area (TPSA) is 44.1 Å². The maximum atomic E-state index is 12.0. The number of benzene rings is 1. The summed E-state index contributed by atoms with van der Waals surface area (Å²) in [6, 6.07) is 9.05. The van der Waals surface area contributed by atoms with Crippen LogP contribution >= 0.6 is 0 Å². The molecule has 3 nitrogen and oxygen atoms in total. The molecule has 1 aliphatic heterocycles. The van der Waals surface area contributed by atoms with Crippen LogP contribution in [0.15, 0.2) is 24.3 Å². The Kier molecular flexibility index (Phi) is 3.98. The summed E-state index contributed by atoms with van der Waals surface area (Å²) in [6.07, 6.45) is -5.83. The van der Waals surface area contributed by atoms with Crippen molar-refractivity contribution in [2.45, 2.75) is 24.9 Å². The van der Waals surface area contributed by atoms with Crippen molar-refractivity contribution in [3.05, 3.63) is 35.4 Å². The Bertz CT molecular complexity index is 525. The molecule has 0 N–H and O–H groups in total. The van der Waals surface area contributed by atoms with E-state index in [-0.39, 0.29) is 5.92 Å². The molecule has 0 bridgehead atoms. The maximum Gasteiger partial charge on any atom is 0.389 e. The zero-order valence-electron chi connectivity index (χ0n) is 10.7. The fraction of sp³-hybridized carbons (Fsp3) is 0.429. The van der Waals surface area contributed by atoms with Crippen molar-refractivity contribution in [1.29, 1.82) is 5.26 Å². The molecule has 0 aliphatic carbocycles. The van der Waals surface area contributed by atoms with E-state index in [2.05, 4.69) is 0 Å². The number of amides is 1. The van der Waals surface area contributed by atoms with Crippen LogP contribution in [0.25, 0.3) is 0 Å².